The Morgan fingerprint density at radius 3 is 2.44 bits per heavy atom. The third-order valence-electron chi connectivity index (χ3n) is 3.16. The Balaban J connectivity index is 2.91. The SMILES string of the molecule is CCC(CC)C(Nc1ccccc1Cl)C(=O)OC. The number of para-hydroxylation sites is 1. The first kappa shape index (κ1) is 14.8. The number of nitrogens with one attached hydrogen (secondary N) is 1. The molecule has 18 heavy (non-hydrogen) atoms. The maximum atomic E-state index is 11.9. The Hall–Kier alpha value is -1.22. The van der Waals surface area contributed by atoms with Gasteiger partial charge in [-0.1, -0.05) is 50.4 Å². The van der Waals surface area contributed by atoms with Gasteiger partial charge in [-0.05, 0) is 18.1 Å². The molecule has 0 aliphatic carbocycles. The maximum Gasteiger partial charge on any atom is 0.328 e. The number of halogens is 1. The number of anilines is 1. The van der Waals surface area contributed by atoms with E-state index in [4.69, 9.17) is 16.3 Å². The second kappa shape index (κ2) is 7.27. The number of rotatable bonds is 6. The number of hydrogen-bond donors (Lipinski definition) is 1. The van der Waals surface area contributed by atoms with Crippen LogP contribution in [0, 0.1) is 5.92 Å². The molecular formula is C14H20ClNO2. The normalized spacial score (nSPS) is 12.3. The largest absolute Gasteiger partial charge is 0.467 e. The highest BCUT2D eigenvalue weighted by Crippen LogP contribution is 2.25. The molecule has 1 aromatic rings. The summed E-state index contributed by atoms with van der Waals surface area (Å²) in [5, 5.41) is 3.80. The van der Waals surface area contributed by atoms with Gasteiger partial charge in [-0.25, -0.2) is 4.79 Å². The van der Waals surface area contributed by atoms with Crippen molar-refractivity contribution in [1.82, 2.24) is 0 Å². The van der Waals surface area contributed by atoms with Gasteiger partial charge in [-0.15, -0.1) is 0 Å². The summed E-state index contributed by atoms with van der Waals surface area (Å²) in [7, 11) is 1.41. The van der Waals surface area contributed by atoms with Crippen LogP contribution in [0.1, 0.15) is 26.7 Å². The van der Waals surface area contributed by atoms with Crippen LogP contribution in [0.5, 0.6) is 0 Å². The fourth-order valence-corrected chi connectivity index (χ4v) is 2.19. The van der Waals surface area contributed by atoms with Gasteiger partial charge in [0.1, 0.15) is 6.04 Å². The molecular weight excluding hydrogens is 250 g/mol. The molecule has 1 rings (SSSR count). The molecule has 1 atom stereocenters. The lowest BCUT2D eigenvalue weighted by Gasteiger charge is -2.25. The standard InChI is InChI=1S/C14H20ClNO2/c1-4-10(5-2)13(14(17)18-3)16-12-9-7-6-8-11(12)15/h6-10,13,16H,4-5H2,1-3H3. The van der Waals surface area contributed by atoms with Gasteiger partial charge in [0.2, 0.25) is 0 Å². The summed E-state index contributed by atoms with van der Waals surface area (Å²) in [4.78, 5) is 11.9. The van der Waals surface area contributed by atoms with Gasteiger partial charge in [0.05, 0.1) is 17.8 Å². The highest BCUT2D eigenvalue weighted by molar-refractivity contribution is 6.33. The predicted molar refractivity (Wildman–Crippen MR) is 75.0 cm³/mol. The molecule has 0 saturated carbocycles. The summed E-state index contributed by atoms with van der Waals surface area (Å²) in [6, 6.07) is 7.05. The first-order valence-corrected chi connectivity index (χ1v) is 6.60. The monoisotopic (exact) mass is 269 g/mol. The van der Waals surface area contributed by atoms with Crippen LogP contribution < -0.4 is 5.32 Å². The lowest BCUT2D eigenvalue weighted by molar-refractivity contribution is -0.142. The second-order valence-electron chi connectivity index (χ2n) is 4.20. The molecule has 1 N–H and O–H groups in total. The van der Waals surface area contributed by atoms with Crippen molar-refractivity contribution in [3.8, 4) is 0 Å². The molecule has 0 aromatic heterocycles. The van der Waals surface area contributed by atoms with Crippen molar-refractivity contribution < 1.29 is 9.53 Å². The third kappa shape index (κ3) is 3.64. The summed E-state index contributed by atoms with van der Waals surface area (Å²) < 4.78 is 4.86. The number of carbonyl (C=O) groups excluding carboxylic acids is 1. The zero-order valence-electron chi connectivity index (χ0n) is 11.1. The Morgan fingerprint density at radius 2 is 1.94 bits per heavy atom. The number of carbonyl (C=O) groups is 1. The number of esters is 1. The molecule has 3 nitrogen and oxygen atoms in total. The average Bonchev–Trinajstić information content (AvgIpc) is 2.40. The summed E-state index contributed by atoms with van der Waals surface area (Å²) in [5.41, 5.74) is 0.765. The van der Waals surface area contributed by atoms with E-state index in [1.165, 1.54) is 7.11 Å². The van der Waals surface area contributed by atoms with E-state index in [9.17, 15) is 4.79 Å². The maximum absolute atomic E-state index is 11.9. The van der Waals surface area contributed by atoms with E-state index < -0.39 is 0 Å². The number of hydrogen-bond acceptors (Lipinski definition) is 3. The Labute approximate surface area is 113 Å². The fraction of sp³-hybridized carbons (Fsp3) is 0.500. The van der Waals surface area contributed by atoms with E-state index in [-0.39, 0.29) is 17.9 Å². The van der Waals surface area contributed by atoms with E-state index in [1.807, 2.05) is 18.2 Å². The molecule has 0 amide bonds. The van der Waals surface area contributed by atoms with Crippen molar-refractivity contribution in [2.75, 3.05) is 12.4 Å². The minimum absolute atomic E-state index is 0.230. The molecule has 0 aliphatic rings. The van der Waals surface area contributed by atoms with E-state index in [1.54, 1.807) is 6.07 Å². The van der Waals surface area contributed by atoms with Gasteiger partial charge in [0.25, 0.3) is 0 Å². The van der Waals surface area contributed by atoms with Gasteiger partial charge in [-0.2, -0.15) is 0 Å². The van der Waals surface area contributed by atoms with Crippen molar-refractivity contribution in [1.29, 1.82) is 0 Å². The molecule has 0 bridgehead atoms. The van der Waals surface area contributed by atoms with Crippen molar-refractivity contribution in [3.05, 3.63) is 29.3 Å². The van der Waals surface area contributed by atoms with Crippen LogP contribution in [0.15, 0.2) is 24.3 Å². The second-order valence-corrected chi connectivity index (χ2v) is 4.61. The summed E-state index contributed by atoms with van der Waals surface area (Å²) in [6.45, 7) is 4.14. The molecule has 1 unspecified atom stereocenters. The third-order valence-corrected chi connectivity index (χ3v) is 3.49. The minimum atomic E-state index is -0.357. The van der Waals surface area contributed by atoms with Crippen molar-refractivity contribution >= 4 is 23.3 Å². The summed E-state index contributed by atoms with van der Waals surface area (Å²) in [6.07, 6.45) is 1.82. The minimum Gasteiger partial charge on any atom is -0.467 e. The molecule has 0 radical (unpaired) electrons. The molecule has 4 heteroatoms. The van der Waals surface area contributed by atoms with Crippen LogP contribution in [-0.4, -0.2) is 19.1 Å². The van der Waals surface area contributed by atoms with Gasteiger partial charge in [0.15, 0.2) is 0 Å². The van der Waals surface area contributed by atoms with Gasteiger partial charge in [0, 0.05) is 0 Å². The van der Waals surface area contributed by atoms with Crippen molar-refractivity contribution in [2.24, 2.45) is 5.92 Å². The smallest absolute Gasteiger partial charge is 0.328 e. The van der Waals surface area contributed by atoms with E-state index in [2.05, 4.69) is 19.2 Å². The lowest BCUT2D eigenvalue weighted by Crippen LogP contribution is -2.37. The van der Waals surface area contributed by atoms with Crippen molar-refractivity contribution in [3.63, 3.8) is 0 Å². The van der Waals surface area contributed by atoms with E-state index >= 15 is 0 Å². The van der Waals surface area contributed by atoms with Crippen LogP contribution >= 0.6 is 11.6 Å². The summed E-state index contributed by atoms with van der Waals surface area (Å²) >= 11 is 6.09. The van der Waals surface area contributed by atoms with Crippen molar-refractivity contribution in [2.45, 2.75) is 32.7 Å². The zero-order chi connectivity index (χ0) is 13.5. The molecule has 0 aliphatic heterocycles. The molecule has 1 aromatic carbocycles. The van der Waals surface area contributed by atoms with Crippen LogP contribution in [-0.2, 0) is 9.53 Å². The van der Waals surface area contributed by atoms with Gasteiger partial charge < -0.3 is 10.1 Å². The predicted octanol–water partition coefficient (Wildman–Crippen LogP) is 3.73. The Kier molecular flexibility index (Phi) is 5.99. The highest BCUT2D eigenvalue weighted by atomic mass is 35.5. The van der Waals surface area contributed by atoms with Crippen LogP contribution in [0.2, 0.25) is 5.02 Å². The molecule has 100 valence electrons. The van der Waals surface area contributed by atoms with E-state index in [0.29, 0.717) is 5.02 Å². The molecule has 0 heterocycles. The Morgan fingerprint density at radius 1 is 1.33 bits per heavy atom. The van der Waals surface area contributed by atoms with Crippen LogP contribution in [0.4, 0.5) is 5.69 Å². The molecule has 0 fully saturated rings. The average molecular weight is 270 g/mol. The first-order valence-electron chi connectivity index (χ1n) is 6.22. The number of ether oxygens (including phenoxy) is 1. The lowest BCUT2D eigenvalue weighted by atomic mass is 9.94. The molecule has 0 saturated heterocycles. The number of methoxy groups -OCH3 is 1. The van der Waals surface area contributed by atoms with Crippen LogP contribution in [0.3, 0.4) is 0 Å². The van der Waals surface area contributed by atoms with Gasteiger partial charge in [-0.3, -0.25) is 0 Å². The zero-order valence-corrected chi connectivity index (χ0v) is 11.8. The molecule has 0 spiro atoms. The van der Waals surface area contributed by atoms with E-state index in [0.717, 1.165) is 18.5 Å². The van der Waals surface area contributed by atoms with Gasteiger partial charge >= 0.3 is 5.97 Å². The highest BCUT2D eigenvalue weighted by Gasteiger charge is 2.27. The quantitative estimate of drug-likeness (QED) is 0.800. The summed E-state index contributed by atoms with van der Waals surface area (Å²) in [5.74, 6) is -0.0163. The number of benzene rings is 1. The fourth-order valence-electron chi connectivity index (χ4n) is 2.00. The first-order chi connectivity index (χ1) is 8.63. The van der Waals surface area contributed by atoms with Crippen LogP contribution in [0.25, 0.3) is 0 Å². The Bertz CT molecular complexity index is 391. The topological polar surface area (TPSA) is 38.3 Å².